The monoisotopic (exact) mass is 300 g/mol. The van der Waals surface area contributed by atoms with Crippen molar-refractivity contribution in [2.45, 2.75) is 6.54 Å². The Hall–Kier alpha value is -2.60. The van der Waals surface area contributed by atoms with Crippen molar-refractivity contribution in [2.75, 3.05) is 5.73 Å². The maximum Gasteiger partial charge on any atom is 0.338 e. The molecule has 0 aliphatic heterocycles. The molecule has 0 radical (unpaired) electrons. The van der Waals surface area contributed by atoms with Crippen LogP contribution >= 0.6 is 11.3 Å². The number of rotatable bonds is 3. The van der Waals surface area contributed by atoms with Crippen LogP contribution in [0.3, 0.4) is 0 Å². The molecule has 0 aliphatic rings. The Kier molecular flexibility index (Phi) is 3.23. The maximum atomic E-state index is 12.4. The SMILES string of the molecule is Nc1cccc(Cn2ccc3sccc3c2=O)c1C(=O)O. The number of nitrogen functional groups attached to an aromatic ring is 1. The van der Waals surface area contributed by atoms with Gasteiger partial charge < -0.3 is 15.4 Å². The number of thiophene rings is 1. The number of fused-ring (bicyclic) bond motifs is 1. The minimum Gasteiger partial charge on any atom is -0.478 e. The number of hydrogen-bond donors (Lipinski definition) is 2. The summed E-state index contributed by atoms with van der Waals surface area (Å²) >= 11 is 1.50. The van der Waals surface area contributed by atoms with Gasteiger partial charge in [-0.25, -0.2) is 4.79 Å². The van der Waals surface area contributed by atoms with Crippen molar-refractivity contribution in [1.82, 2.24) is 4.57 Å². The van der Waals surface area contributed by atoms with Crippen molar-refractivity contribution in [3.8, 4) is 0 Å². The molecule has 21 heavy (non-hydrogen) atoms. The van der Waals surface area contributed by atoms with Gasteiger partial charge in [-0.2, -0.15) is 0 Å². The number of carboxylic acids is 1. The topological polar surface area (TPSA) is 85.3 Å². The van der Waals surface area contributed by atoms with E-state index in [1.54, 1.807) is 24.4 Å². The van der Waals surface area contributed by atoms with Crippen LogP contribution in [-0.4, -0.2) is 15.6 Å². The molecule has 0 saturated heterocycles. The molecule has 6 heteroatoms. The zero-order chi connectivity index (χ0) is 15.0. The summed E-state index contributed by atoms with van der Waals surface area (Å²) in [6.07, 6.45) is 1.68. The molecule has 106 valence electrons. The van der Waals surface area contributed by atoms with Gasteiger partial charge in [0.25, 0.3) is 5.56 Å². The molecule has 0 unspecified atom stereocenters. The molecule has 0 spiro atoms. The maximum absolute atomic E-state index is 12.4. The number of pyridine rings is 1. The zero-order valence-corrected chi connectivity index (χ0v) is 11.8. The lowest BCUT2D eigenvalue weighted by molar-refractivity contribution is 0.0696. The third-order valence-electron chi connectivity index (χ3n) is 3.33. The van der Waals surface area contributed by atoms with Crippen molar-refractivity contribution >= 4 is 33.1 Å². The van der Waals surface area contributed by atoms with Gasteiger partial charge in [0.2, 0.25) is 0 Å². The molecule has 3 N–H and O–H groups in total. The van der Waals surface area contributed by atoms with Crippen LogP contribution in [0.25, 0.3) is 10.1 Å². The van der Waals surface area contributed by atoms with E-state index in [1.807, 2.05) is 11.4 Å². The molecule has 3 aromatic rings. The summed E-state index contributed by atoms with van der Waals surface area (Å²) in [5.74, 6) is -1.09. The molecule has 5 nitrogen and oxygen atoms in total. The van der Waals surface area contributed by atoms with Crippen LogP contribution in [0.5, 0.6) is 0 Å². The summed E-state index contributed by atoms with van der Waals surface area (Å²) in [5.41, 5.74) is 6.35. The predicted molar refractivity (Wildman–Crippen MR) is 83.0 cm³/mol. The number of anilines is 1. The lowest BCUT2D eigenvalue weighted by Gasteiger charge is -2.10. The number of carboxylic acid groups (broad SMARTS) is 1. The van der Waals surface area contributed by atoms with Crippen molar-refractivity contribution in [3.63, 3.8) is 0 Å². The Morgan fingerprint density at radius 2 is 2.10 bits per heavy atom. The molecule has 0 aliphatic carbocycles. The minimum absolute atomic E-state index is 0.0508. The van der Waals surface area contributed by atoms with Crippen LogP contribution < -0.4 is 11.3 Å². The highest BCUT2D eigenvalue weighted by atomic mass is 32.1. The Morgan fingerprint density at radius 1 is 1.29 bits per heavy atom. The van der Waals surface area contributed by atoms with Gasteiger partial charge in [-0.15, -0.1) is 11.3 Å². The first-order chi connectivity index (χ1) is 10.1. The van der Waals surface area contributed by atoms with Crippen LogP contribution in [0.15, 0.2) is 46.7 Å². The van der Waals surface area contributed by atoms with E-state index < -0.39 is 5.97 Å². The fourth-order valence-corrected chi connectivity index (χ4v) is 3.10. The number of benzene rings is 1. The van der Waals surface area contributed by atoms with E-state index in [4.69, 9.17) is 5.73 Å². The van der Waals surface area contributed by atoms with Crippen LogP contribution in [0.2, 0.25) is 0 Å². The third-order valence-corrected chi connectivity index (χ3v) is 4.21. The number of nitrogens with two attached hydrogens (primary N) is 1. The molecular weight excluding hydrogens is 288 g/mol. The smallest absolute Gasteiger partial charge is 0.338 e. The minimum atomic E-state index is -1.09. The fourth-order valence-electron chi connectivity index (χ4n) is 2.33. The fraction of sp³-hybridized carbons (Fsp3) is 0.0667. The van der Waals surface area contributed by atoms with Crippen molar-refractivity contribution in [3.05, 3.63) is 63.4 Å². The molecule has 0 amide bonds. The normalized spacial score (nSPS) is 10.9. The number of nitrogens with zero attached hydrogens (tertiary/aromatic N) is 1. The first kappa shape index (κ1) is 13.4. The molecule has 2 aromatic heterocycles. The van der Waals surface area contributed by atoms with Gasteiger partial charge >= 0.3 is 5.97 Å². The van der Waals surface area contributed by atoms with Gasteiger partial charge in [0.05, 0.1) is 17.5 Å². The second-order valence-electron chi connectivity index (χ2n) is 4.63. The van der Waals surface area contributed by atoms with Gasteiger partial charge in [-0.3, -0.25) is 4.79 Å². The van der Waals surface area contributed by atoms with Crippen LogP contribution in [-0.2, 0) is 6.54 Å². The van der Waals surface area contributed by atoms with Crippen molar-refractivity contribution in [1.29, 1.82) is 0 Å². The van der Waals surface area contributed by atoms with Crippen molar-refractivity contribution < 1.29 is 9.90 Å². The Bertz CT molecular complexity index is 895. The van der Waals surface area contributed by atoms with E-state index in [2.05, 4.69) is 0 Å². The van der Waals surface area contributed by atoms with E-state index in [9.17, 15) is 14.7 Å². The van der Waals surface area contributed by atoms with E-state index >= 15 is 0 Å². The van der Waals surface area contributed by atoms with E-state index in [0.29, 0.717) is 10.9 Å². The molecular formula is C15H12N2O3S. The average Bonchev–Trinajstić information content (AvgIpc) is 2.91. The largest absolute Gasteiger partial charge is 0.478 e. The molecule has 0 bridgehead atoms. The summed E-state index contributed by atoms with van der Waals surface area (Å²) in [6, 6.07) is 8.53. The summed E-state index contributed by atoms with van der Waals surface area (Å²) in [4.78, 5) is 23.7. The molecule has 0 atom stereocenters. The Morgan fingerprint density at radius 3 is 2.86 bits per heavy atom. The van der Waals surface area contributed by atoms with Crippen LogP contribution in [0.4, 0.5) is 5.69 Å². The van der Waals surface area contributed by atoms with Crippen molar-refractivity contribution in [2.24, 2.45) is 0 Å². The number of carbonyl (C=O) groups is 1. The molecule has 2 heterocycles. The average molecular weight is 300 g/mol. The van der Waals surface area contributed by atoms with Gasteiger partial charge in [-0.1, -0.05) is 12.1 Å². The number of aromatic carboxylic acids is 1. The Labute approximate surface area is 123 Å². The predicted octanol–water partition coefficient (Wildman–Crippen LogP) is 2.39. The van der Waals surface area contributed by atoms with Gasteiger partial charge in [0.1, 0.15) is 0 Å². The molecule has 1 aromatic carbocycles. The first-order valence-electron chi connectivity index (χ1n) is 6.25. The van der Waals surface area contributed by atoms with Crippen LogP contribution in [0.1, 0.15) is 15.9 Å². The summed E-state index contributed by atoms with van der Waals surface area (Å²) in [7, 11) is 0. The summed E-state index contributed by atoms with van der Waals surface area (Å²) < 4.78 is 2.42. The van der Waals surface area contributed by atoms with Gasteiger partial charge in [0, 0.05) is 16.6 Å². The molecule has 3 rings (SSSR count). The van der Waals surface area contributed by atoms with Gasteiger partial charge in [0.15, 0.2) is 0 Å². The lowest BCUT2D eigenvalue weighted by Crippen LogP contribution is -2.21. The number of hydrogen-bond acceptors (Lipinski definition) is 4. The number of aromatic nitrogens is 1. The summed E-state index contributed by atoms with van der Waals surface area (Å²) in [5, 5.41) is 11.8. The van der Waals surface area contributed by atoms with Crippen LogP contribution in [0, 0.1) is 0 Å². The van der Waals surface area contributed by atoms with E-state index in [-0.39, 0.29) is 23.4 Å². The highest BCUT2D eigenvalue weighted by molar-refractivity contribution is 7.17. The summed E-state index contributed by atoms with van der Waals surface area (Å²) in [6.45, 7) is 0.178. The third kappa shape index (κ3) is 2.30. The zero-order valence-electron chi connectivity index (χ0n) is 10.9. The second kappa shape index (κ2) is 5.06. The molecule has 0 saturated carbocycles. The first-order valence-corrected chi connectivity index (χ1v) is 7.13. The Balaban J connectivity index is 2.11. The lowest BCUT2D eigenvalue weighted by atomic mass is 10.1. The highest BCUT2D eigenvalue weighted by Gasteiger charge is 2.14. The van der Waals surface area contributed by atoms with E-state index in [0.717, 1.165) is 4.70 Å². The standard InChI is InChI=1S/C15H12N2O3S/c16-11-3-1-2-9(13(11)15(19)20)8-17-6-4-12-10(14(17)18)5-7-21-12/h1-7H,8,16H2,(H,19,20). The quantitative estimate of drug-likeness (QED) is 0.727. The molecule has 0 fully saturated rings. The second-order valence-corrected chi connectivity index (χ2v) is 5.58. The van der Waals surface area contributed by atoms with Gasteiger partial charge in [-0.05, 0) is 29.1 Å². The van der Waals surface area contributed by atoms with E-state index in [1.165, 1.54) is 22.0 Å². The highest BCUT2D eigenvalue weighted by Crippen LogP contribution is 2.20.